The second-order valence-corrected chi connectivity index (χ2v) is 8.85. The van der Waals surface area contributed by atoms with Crippen LogP contribution in [0.4, 0.5) is 0 Å². The van der Waals surface area contributed by atoms with Gasteiger partial charge in [-0.25, -0.2) is 0 Å². The Morgan fingerprint density at radius 3 is 2.31 bits per heavy atom. The molecular weight excluding hydrogens is 406 g/mol. The Labute approximate surface area is 189 Å². The number of hydrogen-bond acceptors (Lipinski definition) is 6. The van der Waals surface area contributed by atoms with Gasteiger partial charge in [-0.1, -0.05) is 30.3 Å². The third-order valence-corrected chi connectivity index (χ3v) is 6.95. The van der Waals surface area contributed by atoms with E-state index < -0.39 is 11.4 Å². The Bertz CT molecular complexity index is 981. The van der Waals surface area contributed by atoms with Crippen molar-refractivity contribution in [3.63, 3.8) is 0 Å². The van der Waals surface area contributed by atoms with Gasteiger partial charge in [0.05, 0.1) is 21.3 Å². The van der Waals surface area contributed by atoms with Crippen LogP contribution in [0, 0.1) is 11.3 Å². The average Bonchev–Trinajstić information content (AvgIpc) is 3.10. The Balaban J connectivity index is 1.50. The van der Waals surface area contributed by atoms with Crippen LogP contribution in [0.15, 0.2) is 42.5 Å². The molecule has 0 aromatic heterocycles. The molecule has 1 fully saturated rings. The molecule has 170 valence electrons. The van der Waals surface area contributed by atoms with Crippen molar-refractivity contribution in [2.75, 3.05) is 34.4 Å². The maximum Gasteiger partial charge on any atom is 0.320 e. The van der Waals surface area contributed by atoms with Gasteiger partial charge in [-0.3, -0.25) is 14.5 Å². The first-order chi connectivity index (χ1) is 15.5. The standard InChI is InChI=1S/C26H31NO5/c1-30-22-13-20-16-26(25(29)32-3,24(28)21(20)14-23(22)31-2)15-18-9-11-27(12-10-18)17-19-7-5-4-6-8-19/h4-8,13-14,18H,9-12,15-17H2,1-3H3. The first-order valence-corrected chi connectivity index (χ1v) is 11.1. The summed E-state index contributed by atoms with van der Waals surface area (Å²) in [5.74, 6) is 0.752. The lowest BCUT2D eigenvalue weighted by atomic mass is 9.73. The third kappa shape index (κ3) is 4.11. The summed E-state index contributed by atoms with van der Waals surface area (Å²) >= 11 is 0. The van der Waals surface area contributed by atoms with Crippen LogP contribution in [0.5, 0.6) is 11.5 Å². The van der Waals surface area contributed by atoms with Crippen LogP contribution in [0.25, 0.3) is 0 Å². The van der Waals surface area contributed by atoms with Gasteiger partial charge in [-0.15, -0.1) is 0 Å². The summed E-state index contributed by atoms with van der Waals surface area (Å²) in [4.78, 5) is 29.0. The highest BCUT2D eigenvalue weighted by Crippen LogP contribution is 2.47. The number of ketones is 1. The van der Waals surface area contributed by atoms with Crippen molar-refractivity contribution in [1.82, 2.24) is 4.90 Å². The Hall–Kier alpha value is -2.86. The fourth-order valence-corrected chi connectivity index (χ4v) is 5.23. The zero-order valence-corrected chi connectivity index (χ0v) is 19.1. The molecule has 32 heavy (non-hydrogen) atoms. The molecule has 1 saturated heterocycles. The normalized spacial score (nSPS) is 21.3. The zero-order chi connectivity index (χ0) is 22.7. The monoisotopic (exact) mass is 437 g/mol. The Morgan fingerprint density at radius 2 is 1.69 bits per heavy atom. The molecule has 1 aliphatic heterocycles. The number of Topliss-reactive ketones (excluding diaryl/α,β-unsaturated/α-hetero) is 1. The fraction of sp³-hybridized carbons (Fsp3) is 0.462. The SMILES string of the molecule is COC(=O)C1(CC2CCN(Cc3ccccc3)CC2)Cc2cc(OC)c(OC)cc2C1=O. The highest BCUT2D eigenvalue weighted by molar-refractivity contribution is 6.16. The summed E-state index contributed by atoms with van der Waals surface area (Å²) < 4.78 is 15.9. The summed E-state index contributed by atoms with van der Waals surface area (Å²) in [5.41, 5.74) is 1.50. The topological polar surface area (TPSA) is 65.1 Å². The second-order valence-electron chi connectivity index (χ2n) is 8.85. The fourth-order valence-electron chi connectivity index (χ4n) is 5.23. The number of likely N-dealkylation sites (tertiary alicyclic amines) is 1. The lowest BCUT2D eigenvalue weighted by Crippen LogP contribution is -2.42. The van der Waals surface area contributed by atoms with E-state index in [0.29, 0.717) is 35.8 Å². The van der Waals surface area contributed by atoms with Crippen LogP contribution in [0.1, 0.15) is 40.7 Å². The van der Waals surface area contributed by atoms with Crippen molar-refractivity contribution in [2.24, 2.45) is 11.3 Å². The third-order valence-electron chi connectivity index (χ3n) is 6.95. The Morgan fingerprint density at radius 1 is 1.03 bits per heavy atom. The van der Waals surface area contributed by atoms with Crippen molar-refractivity contribution < 1.29 is 23.8 Å². The molecular formula is C26H31NO5. The number of hydrogen-bond donors (Lipinski definition) is 0. The van der Waals surface area contributed by atoms with E-state index in [1.54, 1.807) is 20.3 Å². The summed E-state index contributed by atoms with van der Waals surface area (Å²) in [6.45, 7) is 2.85. The number of nitrogens with zero attached hydrogens (tertiary/aromatic N) is 1. The summed E-state index contributed by atoms with van der Waals surface area (Å²) in [6.07, 6.45) is 2.78. The van der Waals surface area contributed by atoms with Crippen molar-refractivity contribution >= 4 is 11.8 Å². The van der Waals surface area contributed by atoms with Crippen molar-refractivity contribution in [1.29, 1.82) is 0 Å². The molecule has 0 bridgehead atoms. The number of piperidine rings is 1. The maximum atomic E-state index is 13.6. The van der Waals surface area contributed by atoms with Crippen LogP contribution in [-0.4, -0.2) is 51.1 Å². The number of carbonyl (C=O) groups excluding carboxylic acids is 2. The number of methoxy groups -OCH3 is 3. The predicted molar refractivity (Wildman–Crippen MR) is 121 cm³/mol. The lowest BCUT2D eigenvalue weighted by molar-refractivity contribution is -0.150. The van der Waals surface area contributed by atoms with Crippen LogP contribution in [0.2, 0.25) is 0 Å². The Kier molecular flexibility index (Phi) is 6.51. The maximum absolute atomic E-state index is 13.6. The van der Waals surface area contributed by atoms with E-state index in [9.17, 15) is 9.59 Å². The molecule has 0 amide bonds. The largest absolute Gasteiger partial charge is 0.493 e. The number of esters is 1. The van der Waals surface area contributed by atoms with Crippen molar-refractivity contribution in [3.05, 3.63) is 59.2 Å². The number of rotatable bonds is 7. The van der Waals surface area contributed by atoms with Crippen molar-refractivity contribution in [3.8, 4) is 11.5 Å². The molecule has 2 aromatic carbocycles. The van der Waals surface area contributed by atoms with Gasteiger partial charge in [0, 0.05) is 12.1 Å². The van der Waals surface area contributed by atoms with E-state index in [4.69, 9.17) is 14.2 Å². The number of ether oxygens (including phenoxy) is 3. The highest BCUT2D eigenvalue weighted by Gasteiger charge is 2.53. The van der Waals surface area contributed by atoms with Gasteiger partial charge in [0.15, 0.2) is 17.3 Å². The number of carbonyl (C=O) groups is 2. The molecule has 1 heterocycles. The molecule has 2 aromatic rings. The van der Waals surface area contributed by atoms with Gasteiger partial charge in [0.25, 0.3) is 0 Å². The molecule has 6 nitrogen and oxygen atoms in total. The molecule has 4 rings (SSSR count). The molecule has 2 aliphatic rings. The van der Waals surface area contributed by atoms with E-state index in [1.165, 1.54) is 12.7 Å². The van der Waals surface area contributed by atoms with Crippen LogP contribution in [0.3, 0.4) is 0 Å². The second kappa shape index (κ2) is 9.33. The average molecular weight is 438 g/mol. The van der Waals surface area contributed by atoms with Gasteiger partial charge in [-0.05, 0) is 68.0 Å². The van der Waals surface area contributed by atoms with Gasteiger partial charge >= 0.3 is 5.97 Å². The summed E-state index contributed by atoms with van der Waals surface area (Å²) in [6, 6.07) is 14.0. The van der Waals surface area contributed by atoms with Crippen molar-refractivity contribution in [2.45, 2.75) is 32.2 Å². The molecule has 1 atom stereocenters. The molecule has 1 aliphatic carbocycles. The quantitative estimate of drug-likeness (QED) is 0.484. The van der Waals surface area contributed by atoms with E-state index in [-0.39, 0.29) is 5.78 Å². The smallest absolute Gasteiger partial charge is 0.320 e. The molecule has 0 spiro atoms. The minimum Gasteiger partial charge on any atom is -0.493 e. The van der Waals surface area contributed by atoms with Crippen LogP contribution >= 0.6 is 0 Å². The number of benzene rings is 2. The molecule has 0 saturated carbocycles. The van der Waals surface area contributed by atoms with E-state index in [2.05, 4.69) is 29.2 Å². The molecule has 0 N–H and O–H groups in total. The predicted octanol–water partition coefficient (Wildman–Crippen LogP) is 3.90. The van der Waals surface area contributed by atoms with E-state index in [1.807, 2.05) is 12.1 Å². The molecule has 6 heteroatoms. The number of fused-ring (bicyclic) bond motifs is 1. The van der Waals surface area contributed by atoms with Crippen LogP contribution in [-0.2, 0) is 22.5 Å². The van der Waals surface area contributed by atoms with Crippen LogP contribution < -0.4 is 9.47 Å². The van der Waals surface area contributed by atoms with Gasteiger partial charge in [0.1, 0.15) is 5.41 Å². The lowest BCUT2D eigenvalue weighted by Gasteiger charge is -2.35. The van der Waals surface area contributed by atoms with Gasteiger partial charge in [-0.2, -0.15) is 0 Å². The summed E-state index contributed by atoms with van der Waals surface area (Å²) in [7, 11) is 4.47. The minimum atomic E-state index is -1.17. The van der Waals surface area contributed by atoms with E-state index >= 15 is 0 Å². The first-order valence-electron chi connectivity index (χ1n) is 11.1. The van der Waals surface area contributed by atoms with Gasteiger partial charge in [0.2, 0.25) is 0 Å². The van der Waals surface area contributed by atoms with Gasteiger partial charge < -0.3 is 14.2 Å². The molecule has 1 unspecified atom stereocenters. The highest BCUT2D eigenvalue weighted by atomic mass is 16.5. The molecule has 0 radical (unpaired) electrons. The zero-order valence-electron chi connectivity index (χ0n) is 19.1. The minimum absolute atomic E-state index is 0.160. The van der Waals surface area contributed by atoms with E-state index in [0.717, 1.165) is 38.0 Å². The summed E-state index contributed by atoms with van der Waals surface area (Å²) in [5, 5.41) is 0. The first kappa shape index (κ1) is 22.3.